The summed E-state index contributed by atoms with van der Waals surface area (Å²) in [5.41, 5.74) is 8.41. The number of rotatable bonds is 5. The lowest BCUT2D eigenvalue weighted by Gasteiger charge is -2.31. The monoisotopic (exact) mass is 524 g/mol. The van der Waals surface area contributed by atoms with Gasteiger partial charge >= 0.3 is 0 Å². The standard InChI is InChI=1S/C23H24N8O3S2/c1-13-9-18-25-27-20(14(2)31(18)29-13)23(34)30-6-3-16(4-7-30)22-24-17(12-36-22)21(33)28-26-19(32)10-15-5-8-35-11-15/h5,8-9,11-12,16H,3-4,6-7,10H2,1-2H3,(H,26,32)(H,28,33). The number of nitrogens with one attached hydrogen (secondary N) is 2. The van der Waals surface area contributed by atoms with E-state index in [1.165, 1.54) is 22.7 Å². The van der Waals surface area contributed by atoms with Crippen LogP contribution in [0.4, 0.5) is 0 Å². The van der Waals surface area contributed by atoms with Gasteiger partial charge in [0.15, 0.2) is 11.3 Å². The zero-order chi connectivity index (χ0) is 25.2. The van der Waals surface area contributed by atoms with E-state index in [1.807, 2.05) is 36.7 Å². The van der Waals surface area contributed by atoms with Gasteiger partial charge in [0, 0.05) is 30.5 Å². The quantitative estimate of drug-likeness (QED) is 0.383. The Morgan fingerprint density at radius 2 is 1.92 bits per heavy atom. The molecule has 0 aliphatic carbocycles. The number of hydrogen-bond acceptors (Lipinski definition) is 9. The number of thiophene rings is 1. The van der Waals surface area contributed by atoms with Gasteiger partial charge < -0.3 is 4.90 Å². The fourth-order valence-electron chi connectivity index (χ4n) is 4.15. The van der Waals surface area contributed by atoms with Crippen molar-refractivity contribution in [3.05, 3.63) is 61.6 Å². The number of aromatic nitrogens is 5. The summed E-state index contributed by atoms with van der Waals surface area (Å²) < 4.78 is 1.65. The van der Waals surface area contributed by atoms with Crippen molar-refractivity contribution in [2.75, 3.05) is 13.1 Å². The van der Waals surface area contributed by atoms with Gasteiger partial charge in [0.2, 0.25) is 5.91 Å². The highest BCUT2D eigenvalue weighted by molar-refractivity contribution is 7.10. The van der Waals surface area contributed by atoms with Gasteiger partial charge in [0.1, 0.15) is 5.69 Å². The molecule has 2 N–H and O–H groups in total. The van der Waals surface area contributed by atoms with Crippen molar-refractivity contribution >= 4 is 46.0 Å². The largest absolute Gasteiger partial charge is 0.337 e. The Kier molecular flexibility index (Phi) is 6.74. The van der Waals surface area contributed by atoms with Gasteiger partial charge in [-0.1, -0.05) is 0 Å². The van der Waals surface area contributed by atoms with Crippen LogP contribution in [-0.4, -0.2) is 60.5 Å². The minimum atomic E-state index is -0.456. The van der Waals surface area contributed by atoms with Crippen LogP contribution in [0.1, 0.15) is 61.7 Å². The Morgan fingerprint density at radius 3 is 2.67 bits per heavy atom. The molecule has 0 saturated carbocycles. The van der Waals surface area contributed by atoms with E-state index in [2.05, 4.69) is 31.1 Å². The summed E-state index contributed by atoms with van der Waals surface area (Å²) in [5, 5.41) is 19.0. The first-order valence-corrected chi connectivity index (χ1v) is 13.3. The predicted octanol–water partition coefficient (Wildman–Crippen LogP) is 2.28. The molecule has 4 aromatic rings. The maximum atomic E-state index is 13.1. The van der Waals surface area contributed by atoms with Gasteiger partial charge in [-0.15, -0.1) is 21.5 Å². The SMILES string of the molecule is Cc1cc2nnc(C(=O)N3CCC(c4nc(C(=O)NNC(=O)Cc5ccsc5)cs4)CC3)c(C)n2n1. The number of piperidine rings is 1. The molecule has 1 saturated heterocycles. The zero-order valence-corrected chi connectivity index (χ0v) is 21.4. The number of likely N-dealkylation sites (tertiary alicyclic amines) is 1. The number of carbonyl (C=O) groups excluding carboxylic acids is 3. The summed E-state index contributed by atoms with van der Waals surface area (Å²) in [7, 11) is 0. The van der Waals surface area contributed by atoms with E-state index >= 15 is 0 Å². The molecule has 1 aliphatic rings. The molecule has 11 nitrogen and oxygen atoms in total. The third-order valence-electron chi connectivity index (χ3n) is 6.07. The van der Waals surface area contributed by atoms with Crippen molar-refractivity contribution < 1.29 is 14.4 Å². The average molecular weight is 525 g/mol. The molecule has 0 bridgehead atoms. The third-order valence-corrected chi connectivity index (χ3v) is 7.81. The topological polar surface area (TPSA) is 134 Å². The number of hydrazine groups is 1. The number of carbonyl (C=O) groups is 3. The van der Waals surface area contributed by atoms with Crippen molar-refractivity contribution in [2.45, 2.75) is 39.0 Å². The first kappa shape index (κ1) is 24.0. The van der Waals surface area contributed by atoms with Crippen molar-refractivity contribution in [1.29, 1.82) is 0 Å². The van der Waals surface area contributed by atoms with Gasteiger partial charge in [-0.2, -0.15) is 16.4 Å². The van der Waals surface area contributed by atoms with Gasteiger partial charge in [0.05, 0.1) is 22.8 Å². The molecule has 5 heterocycles. The van der Waals surface area contributed by atoms with Crippen LogP contribution in [0.25, 0.3) is 5.65 Å². The molecule has 1 aliphatic heterocycles. The van der Waals surface area contributed by atoms with E-state index < -0.39 is 5.91 Å². The second-order valence-corrected chi connectivity index (χ2v) is 10.3. The lowest BCUT2D eigenvalue weighted by atomic mass is 9.97. The van der Waals surface area contributed by atoms with E-state index in [9.17, 15) is 14.4 Å². The van der Waals surface area contributed by atoms with E-state index in [0.29, 0.717) is 30.1 Å². The molecule has 4 aromatic heterocycles. The number of amides is 3. The molecular formula is C23H24N8O3S2. The van der Waals surface area contributed by atoms with Crippen LogP contribution in [0.5, 0.6) is 0 Å². The highest BCUT2D eigenvalue weighted by Crippen LogP contribution is 2.31. The van der Waals surface area contributed by atoms with Crippen molar-refractivity contribution in [3.8, 4) is 0 Å². The molecule has 0 unspecified atom stereocenters. The van der Waals surface area contributed by atoms with Crippen LogP contribution in [-0.2, 0) is 11.2 Å². The second-order valence-electron chi connectivity index (χ2n) is 8.64. The van der Waals surface area contributed by atoms with Gasteiger partial charge in [0.25, 0.3) is 11.8 Å². The minimum Gasteiger partial charge on any atom is -0.337 e. The Bertz CT molecular complexity index is 1420. The number of fused-ring (bicyclic) bond motifs is 1. The normalized spacial score (nSPS) is 14.2. The Labute approximate surface area is 214 Å². The smallest absolute Gasteiger partial charge is 0.289 e. The van der Waals surface area contributed by atoms with Crippen LogP contribution in [0.15, 0.2) is 28.3 Å². The van der Waals surface area contributed by atoms with E-state index in [1.54, 1.807) is 14.8 Å². The summed E-state index contributed by atoms with van der Waals surface area (Å²) in [6.45, 7) is 4.80. The summed E-state index contributed by atoms with van der Waals surface area (Å²) in [6, 6.07) is 3.69. The molecule has 0 aromatic carbocycles. The molecule has 13 heteroatoms. The maximum Gasteiger partial charge on any atom is 0.289 e. The average Bonchev–Trinajstić information content (AvgIpc) is 3.64. The molecule has 0 spiro atoms. The van der Waals surface area contributed by atoms with Crippen molar-refractivity contribution in [3.63, 3.8) is 0 Å². The molecule has 1 fully saturated rings. The van der Waals surface area contributed by atoms with Crippen molar-refractivity contribution in [2.24, 2.45) is 0 Å². The minimum absolute atomic E-state index is 0.150. The van der Waals surface area contributed by atoms with Crippen LogP contribution in [0, 0.1) is 13.8 Å². The molecule has 186 valence electrons. The number of hydrogen-bond donors (Lipinski definition) is 2. The highest BCUT2D eigenvalue weighted by atomic mass is 32.1. The third kappa shape index (κ3) is 4.97. The van der Waals surface area contributed by atoms with Crippen LogP contribution in [0.2, 0.25) is 0 Å². The molecular weight excluding hydrogens is 500 g/mol. The first-order chi connectivity index (χ1) is 17.4. The lowest BCUT2D eigenvalue weighted by molar-refractivity contribution is -0.121. The predicted molar refractivity (Wildman–Crippen MR) is 134 cm³/mol. The van der Waals surface area contributed by atoms with Crippen LogP contribution < -0.4 is 10.9 Å². The van der Waals surface area contributed by atoms with Crippen LogP contribution >= 0.6 is 22.7 Å². The Hall–Kier alpha value is -3.71. The molecule has 5 rings (SSSR count). The van der Waals surface area contributed by atoms with E-state index in [4.69, 9.17) is 0 Å². The summed E-state index contributed by atoms with van der Waals surface area (Å²) in [4.78, 5) is 43.8. The molecule has 0 radical (unpaired) electrons. The highest BCUT2D eigenvalue weighted by Gasteiger charge is 2.29. The Balaban J connectivity index is 1.15. The fraction of sp³-hybridized carbons (Fsp3) is 0.348. The summed E-state index contributed by atoms with van der Waals surface area (Å²) in [5.74, 6) is -0.763. The first-order valence-electron chi connectivity index (χ1n) is 11.4. The van der Waals surface area contributed by atoms with Crippen LogP contribution in [0.3, 0.4) is 0 Å². The van der Waals surface area contributed by atoms with E-state index in [-0.39, 0.29) is 29.8 Å². The number of aryl methyl sites for hydroxylation is 2. The molecule has 36 heavy (non-hydrogen) atoms. The number of thiazole rings is 1. The van der Waals surface area contributed by atoms with Gasteiger partial charge in [-0.25, -0.2) is 9.50 Å². The summed E-state index contributed by atoms with van der Waals surface area (Å²) in [6.07, 6.45) is 1.66. The Morgan fingerprint density at radius 1 is 1.11 bits per heavy atom. The second kappa shape index (κ2) is 10.1. The van der Waals surface area contributed by atoms with Gasteiger partial charge in [-0.05, 0) is 49.1 Å². The molecule has 3 amide bonds. The molecule has 0 atom stereocenters. The fourth-order valence-corrected chi connectivity index (χ4v) is 5.79. The van der Waals surface area contributed by atoms with Gasteiger partial charge in [-0.3, -0.25) is 25.2 Å². The maximum absolute atomic E-state index is 13.1. The van der Waals surface area contributed by atoms with Crippen molar-refractivity contribution in [1.82, 2.24) is 40.5 Å². The van der Waals surface area contributed by atoms with E-state index in [0.717, 1.165) is 29.1 Å². The lowest BCUT2D eigenvalue weighted by Crippen LogP contribution is -2.42. The summed E-state index contributed by atoms with van der Waals surface area (Å²) >= 11 is 2.93. The zero-order valence-electron chi connectivity index (χ0n) is 19.7. The number of nitrogens with zero attached hydrogens (tertiary/aromatic N) is 6.